The summed E-state index contributed by atoms with van der Waals surface area (Å²) in [6.07, 6.45) is 0.468. The molecule has 1 aliphatic heterocycles. The number of carbonyl (C=O) groups excluding carboxylic acids is 2. The molecule has 0 aromatic heterocycles. The average Bonchev–Trinajstić information content (AvgIpc) is 2.33. The van der Waals surface area contributed by atoms with Gasteiger partial charge in [-0.25, -0.2) is 14.7 Å². The third kappa shape index (κ3) is 2.98. The van der Waals surface area contributed by atoms with Crippen LogP contribution in [0.15, 0.2) is 18.2 Å². The van der Waals surface area contributed by atoms with Crippen molar-refractivity contribution in [3.05, 3.63) is 29.6 Å². The van der Waals surface area contributed by atoms with Gasteiger partial charge in [-0.1, -0.05) is 0 Å². The Morgan fingerprint density at radius 2 is 2.05 bits per heavy atom. The van der Waals surface area contributed by atoms with Gasteiger partial charge < -0.3 is 14.6 Å². The van der Waals surface area contributed by atoms with Crippen LogP contribution in [0.25, 0.3) is 0 Å². The Labute approximate surface area is 116 Å². The van der Waals surface area contributed by atoms with Crippen LogP contribution in [-0.2, 0) is 4.84 Å². The van der Waals surface area contributed by atoms with Gasteiger partial charge in [0.05, 0.1) is 11.3 Å². The van der Waals surface area contributed by atoms with Crippen LogP contribution in [-0.4, -0.2) is 49.0 Å². The number of likely N-dealkylation sites (tertiary alicyclic amines) is 1. The number of benzene rings is 1. The summed E-state index contributed by atoms with van der Waals surface area (Å²) in [4.78, 5) is 30.7. The van der Waals surface area contributed by atoms with E-state index in [1.807, 2.05) is 0 Å². The van der Waals surface area contributed by atoms with Crippen molar-refractivity contribution in [1.29, 1.82) is 0 Å². The van der Waals surface area contributed by atoms with Crippen molar-refractivity contribution in [1.82, 2.24) is 9.80 Å². The number of carbonyl (C=O) groups is 2. The van der Waals surface area contributed by atoms with Crippen molar-refractivity contribution in [3.8, 4) is 0 Å². The van der Waals surface area contributed by atoms with Gasteiger partial charge in [-0.15, -0.1) is 0 Å². The number of anilines is 1. The van der Waals surface area contributed by atoms with E-state index in [0.717, 1.165) is 12.5 Å². The number of nitrogens with zero attached hydrogens (tertiary/aromatic N) is 2. The van der Waals surface area contributed by atoms with Gasteiger partial charge in [-0.2, -0.15) is 0 Å². The van der Waals surface area contributed by atoms with E-state index in [4.69, 9.17) is 4.84 Å². The molecule has 0 bridgehead atoms. The molecule has 0 saturated carbocycles. The number of halogens is 1. The monoisotopic (exact) mass is 281 g/mol. The van der Waals surface area contributed by atoms with Gasteiger partial charge in [0.15, 0.2) is 0 Å². The normalized spacial score (nSPS) is 13.4. The lowest BCUT2D eigenvalue weighted by atomic mass is 10.1. The maximum atomic E-state index is 13.8. The highest BCUT2D eigenvalue weighted by molar-refractivity contribution is 5.94. The van der Waals surface area contributed by atoms with Crippen LogP contribution in [0.4, 0.5) is 14.9 Å². The van der Waals surface area contributed by atoms with Crippen LogP contribution >= 0.6 is 0 Å². The van der Waals surface area contributed by atoms with E-state index in [1.165, 1.54) is 21.9 Å². The predicted octanol–water partition coefficient (Wildman–Crippen LogP) is 1.70. The first kappa shape index (κ1) is 14.1. The molecule has 1 aromatic rings. The molecule has 108 valence electrons. The fourth-order valence-corrected chi connectivity index (χ4v) is 1.66. The first-order valence-electron chi connectivity index (χ1n) is 6.22. The van der Waals surface area contributed by atoms with E-state index < -0.39 is 17.8 Å². The summed E-state index contributed by atoms with van der Waals surface area (Å²) in [5, 5.41) is 0. The molecule has 1 aromatic carbocycles. The molecule has 1 N–H and O–H groups in total. The summed E-state index contributed by atoms with van der Waals surface area (Å²) in [6.45, 7) is 1.34. The molecular weight excluding hydrogens is 265 g/mol. The highest BCUT2D eigenvalue weighted by Crippen LogP contribution is 2.16. The number of amides is 2. The molecular formula is C13H16FN3O3. The third-order valence-electron chi connectivity index (χ3n) is 2.98. The molecule has 0 aliphatic carbocycles. The van der Waals surface area contributed by atoms with E-state index in [2.05, 4.69) is 5.48 Å². The second-order valence-corrected chi connectivity index (χ2v) is 4.70. The first-order chi connectivity index (χ1) is 9.49. The molecule has 0 atom stereocenters. The van der Waals surface area contributed by atoms with Gasteiger partial charge in [0.1, 0.15) is 5.82 Å². The highest BCUT2D eigenvalue weighted by atomic mass is 19.1. The molecule has 1 heterocycles. The minimum Gasteiger partial charge on any atom is -0.345 e. The SMILES string of the molecule is CN(C)C(=O)c1ccc(NOC(=O)N2CCC2)cc1F. The van der Waals surface area contributed by atoms with Gasteiger partial charge in [-0.05, 0) is 18.6 Å². The summed E-state index contributed by atoms with van der Waals surface area (Å²) in [6, 6.07) is 3.93. The van der Waals surface area contributed by atoms with E-state index in [0.29, 0.717) is 13.1 Å². The zero-order chi connectivity index (χ0) is 14.7. The van der Waals surface area contributed by atoms with Crippen LogP contribution < -0.4 is 5.48 Å². The quantitative estimate of drug-likeness (QED) is 0.857. The largest absolute Gasteiger partial charge is 0.434 e. The maximum absolute atomic E-state index is 13.8. The van der Waals surface area contributed by atoms with Crippen molar-refractivity contribution >= 4 is 17.7 Å². The van der Waals surface area contributed by atoms with Crippen molar-refractivity contribution in [3.63, 3.8) is 0 Å². The smallest absolute Gasteiger partial charge is 0.345 e. The lowest BCUT2D eigenvalue weighted by Crippen LogP contribution is -2.43. The Morgan fingerprint density at radius 3 is 2.55 bits per heavy atom. The first-order valence-corrected chi connectivity index (χ1v) is 6.22. The maximum Gasteiger partial charge on any atom is 0.434 e. The minimum atomic E-state index is -0.673. The van der Waals surface area contributed by atoms with Crippen LogP contribution in [0.1, 0.15) is 16.8 Å². The number of hydrogen-bond acceptors (Lipinski definition) is 4. The fourth-order valence-electron chi connectivity index (χ4n) is 1.66. The molecule has 7 heteroatoms. The van der Waals surface area contributed by atoms with Gasteiger partial charge >= 0.3 is 6.09 Å². The molecule has 20 heavy (non-hydrogen) atoms. The van der Waals surface area contributed by atoms with Gasteiger partial charge in [0.25, 0.3) is 5.91 Å². The Morgan fingerprint density at radius 1 is 1.35 bits per heavy atom. The molecule has 0 spiro atoms. The molecule has 0 unspecified atom stereocenters. The number of hydrogen-bond donors (Lipinski definition) is 1. The van der Waals surface area contributed by atoms with Crippen LogP contribution in [0, 0.1) is 5.82 Å². The average molecular weight is 281 g/mol. The van der Waals surface area contributed by atoms with Crippen LogP contribution in [0.5, 0.6) is 0 Å². The lowest BCUT2D eigenvalue weighted by Gasteiger charge is -2.29. The van der Waals surface area contributed by atoms with Gasteiger partial charge in [-0.3, -0.25) is 4.79 Å². The molecule has 6 nitrogen and oxygen atoms in total. The lowest BCUT2D eigenvalue weighted by molar-refractivity contribution is 0.0822. The summed E-state index contributed by atoms with van der Waals surface area (Å²) >= 11 is 0. The Hall–Kier alpha value is -2.31. The van der Waals surface area contributed by atoms with Gasteiger partial charge in [0, 0.05) is 33.3 Å². The minimum absolute atomic E-state index is 0.0328. The Balaban J connectivity index is 1.98. The molecule has 2 rings (SSSR count). The second kappa shape index (κ2) is 5.77. The predicted molar refractivity (Wildman–Crippen MR) is 70.7 cm³/mol. The molecule has 0 radical (unpaired) electrons. The zero-order valence-corrected chi connectivity index (χ0v) is 11.4. The molecule has 2 amide bonds. The van der Waals surface area contributed by atoms with Gasteiger partial charge in [0.2, 0.25) is 0 Å². The summed E-state index contributed by atoms with van der Waals surface area (Å²) in [7, 11) is 3.09. The van der Waals surface area contributed by atoms with E-state index in [1.54, 1.807) is 14.1 Å². The summed E-state index contributed by atoms with van der Waals surface area (Å²) < 4.78 is 13.8. The molecule has 1 fully saturated rings. The standard InChI is InChI=1S/C13H16FN3O3/c1-16(2)12(18)10-5-4-9(8-11(10)14)15-20-13(19)17-6-3-7-17/h4-5,8,15H,3,6-7H2,1-2H3. The Bertz CT molecular complexity index is 530. The summed E-state index contributed by atoms with van der Waals surface area (Å²) in [5.74, 6) is -1.10. The topological polar surface area (TPSA) is 61.9 Å². The van der Waals surface area contributed by atoms with E-state index in [-0.39, 0.29) is 11.3 Å². The molecule has 1 saturated heterocycles. The van der Waals surface area contributed by atoms with E-state index in [9.17, 15) is 14.0 Å². The van der Waals surface area contributed by atoms with Crippen LogP contribution in [0.3, 0.4) is 0 Å². The van der Waals surface area contributed by atoms with Crippen molar-refractivity contribution < 1.29 is 18.8 Å². The van der Waals surface area contributed by atoms with Crippen molar-refractivity contribution in [2.24, 2.45) is 0 Å². The number of rotatable bonds is 3. The second-order valence-electron chi connectivity index (χ2n) is 4.70. The highest BCUT2D eigenvalue weighted by Gasteiger charge is 2.22. The zero-order valence-electron chi connectivity index (χ0n) is 11.4. The number of nitrogens with one attached hydrogen (secondary N) is 1. The van der Waals surface area contributed by atoms with Crippen molar-refractivity contribution in [2.45, 2.75) is 6.42 Å². The van der Waals surface area contributed by atoms with Crippen molar-refractivity contribution in [2.75, 3.05) is 32.7 Å². The summed E-state index contributed by atoms with van der Waals surface area (Å²) in [5.41, 5.74) is 2.61. The Kier molecular flexibility index (Phi) is 4.07. The van der Waals surface area contributed by atoms with E-state index >= 15 is 0 Å². The fraction of sp³-hybridized carbons (Fsp3) is 0.385. The molecule has 1 aliphatic rings. The third-order valence-corrected chi connectivity index (χ3v) is 2.98. The van der Waals surface area contributed by atoms with Crippen LogP contribution in [0.2, 0.25) is 0 Å².